The molecule has 0 fully saturated rings. The molecule has 0 atom stereocenters. The standard InChI is InChI=1S/C9H13N3/c1-3-12(2)11-10-9-7-5-4-6-8-9/h4-8H,3H2,1-2H3/b11-10+. The maximum absolute atomic E-state index is 4.03. The molecule has 0 aromatic heterocycles. The van der Waals surface area contributed by atoms with Crippen LogP contribution in [0.1, 0.15) is 6.92 Å². The Labute approximate surface area is 72.7 Å². The molecule has 0 aliphatic carbocycles. The van der Waals surface area contributed by atoms with Crippen LogP contribution in [0.4, 0.5) is 5.69 Å². The van der Waals surface area contributed by atoms with Gasteiger partial charge in [-0.15, -0.1) is 5.11 Å². The molecule has 64 valence electrons. The molecule has 1 rings (SSSR count). The first kappa shape index (κ1) is 8.71. The minimum atomic E-state index is 0.871. The van der Waals surface area contributed by atoms with Gasteiger partial charge in [-0.25, -0.2) is 0 Å². The van der Waals surface area contributed by atoms with E-state index in [0.717, 1.165) is 12.2 Å². The van der Waals surface area contributed by atoms with Crippen molar-refractivity contribution in [2.75, 3.05) is 13.6 Å². The van der Waals surface area contributed by atoms with Crippen molar-refractivity contribution in [3.05, 3.63) is 30.3 Å². The summed E-state index contributed by atoms with van der Waals surface area (Å²) >= 11 is 0. The zero-order valence-corrected chi connectivity index (χ0v) is 7.44. The molecule has 3 nitrogen and oxygen atoms in total. The normalized spacial score (nSPS) is 10.5. The topological polar surface area (TPSA) is 28.0 Å². The van der Waals surface area contributed by atoms with Crippen molar-refractivity contribution in [1.82, 2.24) is 5.01 Å². The van der Waals surface area contributed by atoms with E-state index in [1.54, 1.807) is 5.01 Å². The Balaban J connectivity index is 2.58. The highest BCUT2D eigenvalue weighted by Gasteiger charge is 1.86. The summed E-state index contributed by atoms with van der Waals surface area (Å²) in [5.41, 5.74) is 0.887. The highest BCUT2D eigenvalue weighted by Crippen LogP contribution is 2.10. The Kier molecular flexibility index (Phi) is 3.26. The molecule has 0 saturated carbocycles. The van der Waals surface area contributed by atoms with E-state index in [1.165, 1.54) is 0 Å². The Bertz CT molecular complexity index is 243. The number of rotatable bonds is 3. The van der Waals surface area contributed by atoms with Crippen molar-refractivity contribution in [2.24, 2.45) is 10.3 Å². The van der Waals surface area contributed by atoms with Crippen molar-refractivity contribution in [2.45, 2.75) is 6.92 Å². The van der Waals surface area contributed by atoms with Gasteiger partial charge < -0.3 is 0 Å². The number of hydrogen-bond donors (Lipinski definition) is 0. The van der Waals surface area contributed by atoms with Crippen LogP contribution >= 0.6 is 0 Å². The van der Waals surface area contributed by atoms with Gasteiger partial charge in [-0.1, -0.05) is 23.4 Å². The Morgan fingerprint density at radius 3 is 2.50 bits per heavy atom. The van der Waals surface area contributed by atoms with E-state index in [1.807, 2.05) is 44.3 Å². The molecule has 0 radical (unpaired) electrons. The average Bonchev–Trinajstić information content (AvgIpc) is 2.16. The van der Waals surface area contributed by atoms with Crippen molar-refractivity contribution in [3.8, 4) is 0 Å². The van der Waals surface area contributed by atoms with Gasteiger partial charge in [-0.3, -0.25) is 5.01 Å². The highest BCUT2D eigenvalue weighted by atomic mass is 15.5. The largest absolute Gasteiger partial charge is 0.282 e. The van der Waals surface area contributed by atoms with E-state index in [9.17, 15) is 0 Å². The molecule has 0 spiro atoms. The first-order chi connectivity index (χ1) is 5.83. The van der Waals surface area contributed by atoms with Crippen molar-refractivity contribution < 1.29 is 0 Å². The molecule has 3 heteroatoms. The lowest BCUT2D eigenvalue weighted by molar-refractivity contribution is 0.351. The maximum Gasteiger partial charge on any atom is 0.0874 e. The fourth-order valence-electron chi connectivity index (χ4n) is 0.686. The Morgan fingerprint density at radius 2 is 1.92 bits per heavy atom. The lowest BCUT2D eigenvalue weighted by Gasteiger charge is -2.05. The smallest absolute Gasteiger partial charge is 0.0874 e. The molecule has 0 heterocycles. The van der Waals surface area contributed by atoms with Gasteiger partial charge in [-0.2, -0.15) is 0 Å². The third-order valence-electron chi connectivity index (χ3n) is 1.53. The second-order valence-electron chi connectivity index (χ2n) is 2.50. The quantitative estimate of drug-likeness (QED) is 0.497. The molecule has 0 aliphatic heterocycles. The van der Waals surface area contributed by atoms with Crippen molar-refractivity contribution in [3.63, 3.8) is 0 Å². The van der Waals surface area contributed by atoms with Crippen molar-refractivity contribution in [1.29, 1.82) is 0 Å². The molecule has 0 bridgehead atoms. The third-order valence-corrected chi connectivity index (χ3v) is 1.53. The predicted octanol–water partition coefficient (Wildman–Crippen LogP) is 2.64. The number of benzene rings is 1. The summed E-state index contributed by atoms with van der Waals surface area (Å²) in [7, 11) is 1.90. The lowest BCUT2D eigenvalue weighted by atomic mass is 10.3. The van der Waals surface area contributed by atoms with Gasteiger partial charge in [0.2, 0.25) is 0 Å². The van der Waals surface area contributed by atoms with Gasteiger partial charge in [0.25, 0.3) is 0 Å². The fourth-order valence-corrected chi connectivity index (χ4v) is 0.686. The first-order valence-electron chi connectivity index (χ1n) is 4.00. The van der Waals surface area contributed by atoms with E-state index in [2.05, 4.69) is 10.3 Å². The molecule has 0 N–H and O–H groups in total. The van der Waals surface area contributed by atoms with Crippen LogP contribution in [-0.4, -0.2) is 18.6 Å². The van der Waals surface area contributed by atoms with Crippen LogP contribution in [0.5, 0.6) is 0 Å². The Hall–Kier alpha value is -1.38. The number of nitrogens with zero attached hydrogens (tertiary/aromatic N) is 3. The summed E-state index contributed by atoms with van der Waals surface area (Å²) in [6.07, 6.45) is 0. The van der Waals surface area contributed by atoms with E-state index in [0.29, 0.717) is 0 Å². The summed E-state index contributed by atoms with van der Waals surface area (Å²) in [6.45, 7) is 2.90. The SMILES string of the molecule is CCN(C)/N=N/c1ccccc1. The molecule has 0 aliphatic rings. The molecular weight excluding hydrogens is 150 g/mol. The molecule has 12 heavy (non-hydrogen) atoms. The van der Waals surface area contributed by atoms with Gasteiger partial charge in [0.05, 0.1) is 5.69 Å². The second-order valence-corrected chi connectivity index (χ2v) is 2.50. The average molecular weight is 163 g/mol. The molecule has 0 amide bonds. The zero-order valence-electron chi connectivity index (χ0n) is 7.44. The summed E-state index contributed by atoms with van der Waals surface area (Å²) in [5, 5.41) is 9.78. The van der Waals surface area contributed by atoms with Crippen LogP contribution in [0.3, 0.4) is 0 Å². The second kappa shape index (κ2) is 4.49. The third kappa shape index (κ3) is 2.70. The Morgan fingerprint density at radius 1 is 1.25 bits per heavy atom. The van der Waals surface area contributed by atoms with Gasteiger partial charge in [0, 0.05) is 13.6 Å². The summed E-state index contributed by atoms with van der Waals surface area (Å²) < 4.78 is 0. The van der Waals surface area contributed by atoms with E-state index in [4.69, 9.17) is 0 Å². The van der Waals surface area contributed by atoms with Crippen LogP contribution in [-0.2, 0) is 0 Å². The molecular formula is C9H13N3. The van der Waals surface area contributed by atoms with Crippen LogP contribution in [0.25, 0.3) is 0 Å². The summed E-state index contributed by atoms with van der Waals surface area (Å²) in [4.78, 5) is 0. The van der Waals surface area contributed by atoms with E-state index < -0.39 is 0 Å². The summed E-state index contributed by atoms with van der Waals surface area (Å²) in [5.74, 6) is 0. The van der Waals surface area contributed by atoms with Crippen LogP contribution < -0.4 is 0 Å². The minimum Gasteiger partial charge on any atom is -0.282 e. The molecule has 0 saturated heterocycles. The fraction of sp³-hybridized carbons (Fsp3) is 0.333. The molecule has 1 aromatic carbocycles. The monoisotopic (exact) mass is 163 g/mol. The van der Waals surface area contributed by atoms with Gasteiger partial charge in [0.15, 0.2) is 0 Å². The van der Waals surface area contributed by atoms with Crippen molar-refractivity contribution >= 4 is 5.69 Å². The highest BCUT2D eigenvalue weighted by molar-refractivity contribution is 5.34. The predicted molar refractivity (Wildman–Crippen MR) is 49.3 cm³/mol. The maximum atomic E-state index is 4.03. The zero-order chi connectivity index (χ0) is 8.81. The van der Waals surface area contributed by atoms with Gasteiger partial charge in [-0.05, 0) is 19.1 Å². The van der Waals surface area contributed by atoms with E-state index >= 15 is 0 Å². The van der Waals surface area contributed by atoms with E-state index in [-0.39, 0.29) is 0 Å². The number of hydrogen-bond acceptors (Lipinski definition) is 2. The summed E-state index contributed by atoms with van der Waals surface area (Å²) in [6, 6.07) is 9.70. The first-order valence-corrected chi connectivity index (χ1v) is 4.00. The van der Waals surface area contributed by atoms with Gasteiger partial charge in [0.1, 0.15) is 0 Å². The van der Waals surface area contributed by atoms with Gasteiger partial charge >= 0.3 is 0 Å². The molecule has 0 unspecified atom stereocenters. The lowest BCUT2D eigenvalue weighted by Crippen LogP contribution is -2.07. The van der Waals surface area contributed by atoms with Crippen LogP contribution in [0.2, 0.25) is 0 Å². The van der Waals surface area contributed by atoms with Crippen LogP contribution in [0, 0.1) is 0 Å². The molecule has 1 aromatic rings. The minimum absolute atomic E-state index is 0.871. The van der Waals surface area contributed by atoms with Crippen LogP contribution in [0.15, 0.2) is 40.7 Å².